The van der Waals surface area contributed by atoms with Crippen LogP contribution in [0, 0.1) is 5.92 Å². The number of sulfonamides is 1. The number of nitrogens with zero attached hydrogens (tertiary/aromatic N) is 2. The molecule has 0 spiro atoms. The minimum Gasteiger partial charge on any atom is -0.468 e. The van der Waals surface area contributed by atoms with Crippen LogP contribution in [0.2, 0.25) is 0 Å². The third kappa shape index (κ3) is 4.86. The van der Waals surface area contributed by atoms with Gasteiger partial charge in [0.2, 0.25) is 15.9 Å². The van der Waals surface area contributed by atoms with Crippen molar-refractivity contribution in [3.8, 4) is 0 Å². The van der Waals surface area contributed by atoms with Crippen molar-refractivity contribution in [3.05, 3.63) is 24.2 Å². The molecule has 2 saturated heterocycles. The highest BCUT2D eigenvalue weighted by Gasteiger charge is 2.31. The van der Waals surface area contributed by atoms with Gasteiger partial charge < -0.3 is 9.73 Å². The molecule has 0 radical (unpaired) electrons. The van der Waals surface area contributed by atoms with Crippen LogP contribution >= 0.6 is 0 Å². The molecular formula is C18H29N3O4S. The number of carbonyl (C=O) groups excluding carboxylic acids is 1. The Bertz CT molecular complexity index is 683. The van der Waals surface area contributed by atoms with Crippen molar-refractivity contribution in [2.24, 2.45) is 5.92 Å². The first kappa shape index (κ1) is 19.4. The van der Waals surface area contributed by atoms with Crippen LogP contribution in [0.3, 0.4) is 0 Å². The molecule has 3 rings (SSSR count). The lowest BCUT2D eigenvalue weighted by Crippen LogP contribution is -2.47. The van der Waals surface area contributed by atoms with Gasteiger partial charge in [0, 0.05) is 19.6 Å². The van der Waals surface area contributed by atoms with Crippen molar-refractivity contribution in [2.45, 2.75) is 38.1 Å². The maximum absolute atomic E-state index is 12.6. The Balaban J connectivity index is 1.60. The number of nitrogens with one attached hydrogen (secondary N) is 1. The minimum atomic E-state index is -3.25. The second-order valence-corrected chi connectivity index (χ2v) is 9.32. The summed E-state index contributed by atoms with van der Waals surface area (Å²) in [6, 6.07) is 3.86. The normalized spacial score (nSPS) is 24.3. The fourth-order valence-electron chi connectivity index (χ4n) is 3.92. The van der Waals surface area contributed by atoms with Gasteiger partial charge in [0.25, 0.3) is 0 Å². The van der Waals surface area contributed by atoms with E-state index in [1.54, 1.807) is 6.26 Å². The number of piperidine rings is 2. The molecule has 0 saturated carbocycles. The quantitative estimate of drug-likeness (QED) is 0.807. The number of furan rings is 1. The lowest BCUT2D eigenvalue weighted by atomic mass is 9.98. The molecule has 2 aliphatic heterocycles. The number of amides is 1. The largest absolute Gasteiger partial charge is 0.468 e. The molecule has 1 aromatic heterocycles. The predicted octanol–water partition coefficient (Wildman–Crippen LogP) is 1.59. The van der Waals surface area contributed by atoms with Crippen LogP contribution in [0.1, 0.15) is 43.9 Å². The van der Waals surface area contributed by atoms with Crippen molar-refractivity contribution in [1.29, 1.82) is 0 Å². The average molecular weight is 384 g/mol. The predicted molar refractivity (Wildman–Crippen MR) is 99.0 cm³/mol. The van der Waals surface area contributed by atoms with Gasteiger partial charge in [-0.25, -0.2) is 12.7 Å². The Morgan fingerprint density at radius 2 is 2.04 bits per heavy atom. The average Bonchev–Trinajstić information content (AvgIpc) is 3.16. The second kappa shape index (κ2) is 8.54. The van der Waals surface area contributed by atoms with Gasteiger partial charge in [-0.1, -0.05) is 6.42 Å². The van der Waals surface area contributed by atoms with Crippen LogP contribution in [0.25, 0.3) is 0 Å². The van der Waals surface area contributed by atoms with E-state index in [0.29, 0.717) is 13.1 Å². The van der Waals surface area contributed by atoms with Crippen molar-refractivity contribution < 1.29 is 17.6 Å². The highest BCUT2D eigenvalue weighted by atomic mass is 32.2. The van der Waals surface area contributed by atoms with Crippen molar-refractivity contribution in [2.75, 3.05) is 39.0 Å². The van der Waals surface area contributed by atoms with Crippen LogP contribution in [-0.2, 0) is 14.8 Å². The van der Waals surface area contributed by atoms with E-state index < -0.39 is 10.0 Å². The van der Waals surface area contributed by atoms with Gasteiger partial charge >= 0.3 is 0 Å². The van der Waals surface area contributed by atoms with Gasteiger partial charge in [-0.05, 0) is 50.9 Å². The molecule has 0 bridgehead atoms. The zero-order valence-electron chi connectivity index (χ0n) is 15.4. The Morgan fingerprint density at radius 1 is 1.27 bits per heavy atom. The molecule has 0 aliphatic carbocycles. The molecule has 2 fully saturated rings. The summed E-state index contributed by atoms with van der Waals surface area (Å²) in [7, 11) is -3.25. The summed E-state index contributed by atoms with van der Waals surface area (Å²) in [6.07, 6.45) is 7.90. The van der Waals surface area contributed by atoms with Crippen molar-refractivity contribution in [1.82, 2.24) is 14.5 Å². The highest BCUT2D eigenvalue weighted by molar-refractivity contribution is 7.88. The van der Waals surface area contributed by atoms with Gasteiger partial charge in [-0.3, -0.25) is 9.69 Å². The molecule has 0 aromatic carbocycles. The van der Waals surface area contributed by atoms with E-state index >= 15 is 0 Å². The van der Waals surface area contributed by atoms with Gasteiger partial charge in [0.15, 0.2) is 0 Å². The number of hydrogen-bond acceptors (Lipinski definition) is 5. The second-order valence-electron chi connectivity index (χ2n) is 7.33. The molecule has 2 unspecified atom stereocenters. The fraction of sp³-hybridized carbons (Fsp3) is 0.722. The van der Waals surface area contributed by atoms with E-state index in [1.165, 1.54) is 17.0 Å². The van der Waals surface area contributed by atoms with E-state index in [4.69, 9.17) is 4.42 Å². The summed E-state index contributed by atoms with van der Waals surface area (Å²) in [5, 5.41) is 3.05. The Labute approximate surface area is 155 Å². The van der Waals surface area contributed by atoms with Gasteiger partial charge in [-0.2, -0.15) is 0 Å². The molecular weight excluding hydrogens is 354 g/mol. The molecule has 26 heavy (non-hydrogen) atoms. The molecule has 2 aliphatic rings. The van der Waals surface area contributed by atoms with Crippen LogP contribution in [0.5, 0.6) is 0 Å². The van der Waals surface area contributed by atoms with Crippen LogP contribution < -0.4 is 5.32 Å². The monoisotopic (exact) mass is 383 g/mol. The molecule has 1 amide bonds. The number of hydrogen-bond donors (Lipinski definition) is 1. The van der Waals surface area contributed by atoms with E-state index in [-0.39, 0.29) is 24.4 Å². The number of likely N-dealkylation sites (tertiary alicyclic amines) is 1. The van der Waals surface area contributed by atoms with E-state index in [0.717, 1.165) is 44.5 Å². The standard InChI is InChI=1S/C18H29N3O4S/c1-26(23,24)21-11-5-7-15(14-21)18(22)19-13-16(17-8-6-12-25-17)20-9-3-2-4-10-20/h6,8,12,15-16H,2-5,7,9-11,13-14H2,1H3,(H,19,22). The minimum absolute atomic E-state index is 0.0313. The zero-order chi connectivity index (χ0) is 18.6. The summed E-state index contributed by atoms with van der Waals surface area (Å²) in [4.78, 5) is 15.0. The van der Waals surface area contributed by atoms with Gasteiger partial charge in [0.05, 0.1) is 24.5 Å². The lowest BCUT2D eigenvalue weighted by molar-refractivity contribution is -0.126. The molecule has 8 heteroatoms. The van der Waals surface area contributed by atoms with E-state index in [1.807, 2.05) is 12.1 Å². The Kier molecular flexibility index (Phi) is 6.37. The number of carbonyl (C=O) groups is 1. The Morgan fingerprint density at radius 3 is 2.69 bits per heavy atom. The van der Waals surface area contributed by atoms with Crippen molar-refractivity contribution >= 4 is 15.9 Å². The summed E-state index contributed by atoms with van der Waals surface area (Å²) in [5.41, 5.74) is 0. The van der Waals surface area contributed by atoms with Crippen LogP contribution in [0.15, 0.2) is 22.8 Å². The third-order valence-electron chi connectivity index (χ3n) is 5.40. The molecule has 1 aromatic rings. The molecule has 7 nitrogen and oxygen atoms in total. The van der Waals surface area contributed by atoms with Crippen molar-refractivity contribution in [3.63, 3.8) is 0 Å². The van der Waals surface area contributed by atoms with E-state index in [2.05, 4.69) is 10.2 Å². The number of rotatable bonds is 6. The molecule has 1 N–H and O–H groups in total. The molecule has 2 atom stereocenters. The van der Waals surface area contributed by atoms with Crippen LogP contribution in [0.4, 0.5) is 0 Å². The SMILES string of the molecule is CS(=O)(=O)N1CCCC(C(=O)NCC(c2ccco2)N2CCCCC2)C1. The molecule has 146 valence electrons. The lowest BCUT2D eigenvalue weighted by Gasteiger charge is -2.34. The highest BCUT2D eigenvalue weighted by Crippen LogP contribution is 2.25. The summed E-state index contributed by atoms with van der Waals surface area (Å²) in [5.74, 6) is 0.526. The van der Waals surface area contributed by atoms with Gasteiger partial charge in [-0.15, -0.1) is 0 Å². The summed E-state index contributed by atoms with van der Waals surface area (Å²) < 4.78 is 30.5. The summed E-state index contributed by atoms with van der Waals surface area (Å²) >= 11 is 0. The first-order valence-corrected chi connectivity index (χ1v) is 11.3. The fourth-order valence-corrected chi connectivity index (χ4v) is 4.83. The van der Waals surface area contributed by atoms with Crippen LogP contribution in [-0.4, -0.2) is 62.5 Å². The first-order valence-electron chi connectivity index (χ1n) is 9.45. The maximum atomic E-state index is 12.6. The maximum Gasteiger partial charge on any atom is 0.224 e. The smallest absolute Gasteiger partial charge is 0.224 e. The molecule has 3 heterocycles. The van der Waals surface area contributed by atoms with E-state index in [9.17, 15) is 13.2 Å². The topological polar surface area (TPSA) is 82.9 Å². The first-order chi connectivity index (χ1) is 12.4. The zero-order valence-corrected chi connectivity index (χ0v) is 16.2. The Hall–Kier alpha value is -1.38. The van der Waals surface area contributed by atoms with Gasteiger partial charge in [0.1, 0.15) is 5.76 Å². The third-order valence-corrected chi connectivity index (χ3v) is 6.67. The summed E-state index contributed by atoms with van der Waals surface area (Å²) in [6.45, 7) is 3.28.